The number of anilines is 1. The lowest BCUT2D eigenvalue weighted by atomic mass is 9.89. The summed E-state index contributed by atoms with van der Waals surface area (Å²) in [5.41, 5.74) is 8.02. The van der Waals surface area contributed by atoms with Gasteiger partial charge in [0.05, 0.1) is 13.7 Å². The minimum absolute atomic E-state index is 0.0160. The van der Waals surface area contributed by atoms with Crippen molar-refractivity contribution in [3.63, 3.8) is 0 Å². The van der Waals surface area contributed by atoms with Crippen molar-refractivity contribution in [3.05, 3.63) is 60.2 Å². The largest absolute Gasteiger partial charge is 0.497 e. The van der Waals surface area contributed by atoms with E-state index in [4.69, 9.17) is 10.5 Å². The van der Waals surface area contributed by atoms with Crippen LogP contribution in [0.2, 0.25) is 0 Å². The number of amides is 1. The molecule has 3 rings (SSSR count). The van der Waals surface area contributed by atoms with Crippen molar-refractivity contribution < 1.29 is 9.53 Å². The molecule has 0 spiro atoms. The minimum atomic E-state index is -0.0160. The molecular formula is C20H25N3O2. The summed E-state index contributed by atoms with van der Waals surface area (Å²) in [4.78, 5) is 14.6. The van der Waals surface area contributed by atoms with Gasteiger partial charge in [-0.3, -0.25) is 9.69 Å². The van der Waals surface area contributed by atoms with Gasteiger partial charge in [0, 0.05) is 30.8 Å². The number of hydrogen-bond donors (Lipinski definition) is 2. The third-order valence-electron chi connectivity index (χ3n) is 4.77. The lowest BCUT2D eigenvalue weighted by Crippen LogP contribution is -2.32. The van der Waals surface area contributed by atoms with Gasteiger partial charge in [0.15, 0.2) is 0 Å². The Morgan fingerprint density at radius 3 is 2.72 bits per heavy atom. The molecular weight excluding hydrogens is 314 g/mol. The quantitative estimate of drug-likeness (QED) is 0.847. The van der Waals surface area contributed by atoms with E-state index in [0.717, 1.165) is 24.5 Å². The van der Waals surface area contributed by atoms with E-state index in [-0.39, 0.29) is 5.91 Å². The fourth-order valence-electron chi connectivity index (χ4n) is 3.51. The highest BCUT2D eigenvalue weighted by Gasteiger charge is 2.33. The van der Waals surface area contributed by atoms with Crippen molar-refractivity contribution in [2.45, 2.75) is 5.92 Å². The number of likely N-dealkylation sites (tertiary alicyclic amines) is 1. The van der Waals surface area contributed by atoms with Crippen LogP contribution in [0.4, 0.5) is 5.69 Å². The van der Waals surface area contributed by atoms with E-state index in [2.05, 4.69) is 34.5 Å². The Kier molecular flexibility index (Phi) is 5.68. The predicted octanol–water partition coefficient (Wildman–Crippen LogP) is 2.31. The number of benzene rings is 2. The van der Waals surface area contributed by atoms with Gasteiger partial charge in [-0.15, -0.1) is 0 Å². The first-order valence-electron chi connectivity index (χ1n) is 8.61. The lowest BCUT2D eigenvalue weighted by Gasteiger charge is -2.16. The van der Waals surface area contributed by atoms with Gasteiger partial charge >= 0.3 is 0 Å². The highest BCUT2D eigenvalue weighted by Crippen LogP contribution is 2.31. The van der Waals surface area contributed by atoms with E-state index in [1.807, 2.05) is 30.3 Å². The molecule has 1 saturated heterocycles. The van der Waals surface area contributed by atoms with E-state index in [9.17, 15) is 4.79 Å². The fraction of sp³-hybridized carbons (Fsp3) is 0.350. The minimum Gasteiger partial charge on any atom is -0.497 e. The second-order valence-electron chi connectivity index (χ2n) is 6.49. The highest BCUT2D eigenvalue weighted by atomic mass is 16.5. The van der Waals surface area contributed by atoms with Gasteiger partial charge in [-0.25, -0.2) is 0 Å². The molecule has 2 aromatic rings. The Morgan fingerprint density at radius 1 is 1.20 bits per heavy atom. The van der Waals surface area contributed by atoms with E-state index in [1.165, 1.54) is 5.56 Å². The van der Waals surface area contributed by atoms with Crippen molar-refractivity contribution in [2.75, 3.05) is 38.6 Å². The monoisotopic (exact) mass is 339 g/mol. The summed E-state index contributed by atoms with van der Waals surface area (Å²) in [5, 5.41) is 2.94. The average Bonchev–Trinajstić information content (AvgIpc) is 3.05. The molecule has 0 aliphatic carbocycles. The lowest BCUT2D eigenvalue weighted by molar-refractivity contribution is -0.117. The molecule has 1 aliphatic rings. The van der Waals surface area contributed by atoms with E-state index in [0.29, 0.717) is 24.9 Å². The molecule has 0 bridgehead atoms. The smallest absolute Gasteiger partial charge is 0.238 e. The van der Waals surface area contributed by atoms with Crippen molar-refractivity contribution >= 4 is 11.6 Å². The summed E-state index contributed by atoms with van der Waals surface area (Å²) >= 11 is 0. The molecule has 3 N–H and O–H groups in total. The number of nitrogens with one attached hydrogen (secondary N) is 1. The van der Waals surface area contributed by atoms with Crippen molar-refractivity contribution in [2.24, 2.45) is 11.7 Å². The van der Waals surface area contributed by atoms with Crippen LogP contribution in [0.1, 0.15) is 11.5 Å². The number of hydrogen-bond acceptors (Lipinski definition) is 4. The summed E-state index contributed by atoms with van der Waals surface area (Å²) in [7, 11) is 1.61. The molecule has 1 heterocycles. The third-order valence-corrected chi connectivity index (χ3v) is 4.77. The summed E-state index contributed by atoms with van der Waals surface area (Å²) in [6, 6.07) is 17.8. The maximum atomic E-state index is 12.4. The molecule has 2 aromatic carbocycles. The Bertz CT molecular complexity index is 705. The van der Waals surface area contributed by atoms with Gasteiger partial charge in [0.2, 0.25) is 5.91 Å². The topological polar surface area (TPSA) is 67.6 Å². The first kappa shape index (κ1) is 17.5. The zero-order valence-corrected chi connectivity index (χ0v) is 14.5. The molecule has 25 heavy (non-hydrogen) atoms. The van der Waals surface area contributed by atoms with Crippen LogP contribution in [-0.4, -0.2) is 44.1 Å². The average molecular weight is 339 g/mol. The van der Waals surface area contributed by atoms with Gasteiger partial charge in [0.25, 0.3) is 0 Å². The van der Waals surface area contributed by atoms with Gasteiger partial charge in [-0.05, 0) is 30.2 Å². The zero-order chi connectivity index (χ0) is 17.6. The molecule has 5 heteroatoms. The van der Waals surface area contributed by atoms with Crippen molar-refractivity contribution in [1.82, 2.24) is 4.90 Å². The van der Waals surface area contributed by atoms with Crippen molar-refractivity contribution in [1.29, 1.82) is 0 Å². The Labute approximate surface area is 148 Å². The number of rotatable bonds is 6. The molecule has 2 atom stereocenters. The van der Waals surface area contributed by atoms with Gasteiger partial charge in [-0.1, -0.05) is 36.4 Å². The number of carbonyl (C=O) groups is 1. The second-order valence-corrected chi connectivity index (χ2v) is 6.49. The first-order valence-corrected chi connectivity index (χ1v) is 8.61. The maximum absolute atomic E-state index is 12.4. The van der Waals surface area contributed by atoms with Gasteiger partial charge in [-0.2, -0.15) is 0 Å². The predicted molar refractivity (Wildman–Crippen MR) is 99.8 cm³/mol. The maximum Gasteiger partial charge on any atom is 0.238 e. The van der Waals surface area contributed by atoms with E-state index >= 15 is 0 Å². The summed E-state index contributed by atoms with van der Waals surface area (Å²) in [5.74, 6) is 1.48. The standard InChI is InChI=1S/C20H25N3O2/c1-25-18-9-5-8-17(10-18)22-20(24)14-23-12-16(11-21)19(13-23)15-6-3-2-4-7-15/h2-10,16,19H,11-14,21H2,1H3,(H,22,24)/t16-,19+/m1/s1. The molecule has 0 aromatic heterocycles. The molecule has 0 saturated carbocycles. The fourth-order valence-corrected chi connectivity index (χ4v) is 3.51. The van der Waals surface area contributed by atoms with Crippen LogP contribution in [0.15, 0.2) is 54.6 Å². The molecule has 132 valence electrons. The summed E-state index contributed by atoms with van der Waals surface area (Å²) in [6.45, 7) is 2.71. The number of nitrogens with two attached hydrogens (primary N) is 1. The molecule has 0 radical (unpaired) electrons. The van der Waals surface area contributed by atoms with Crippen molar-refractivity contribution in [3.8, 4) is 5.75 Å². The third kappa shape index (κ3) is 4.38. The number of carbonyl (C=O) groups excluding carboxylic acids is 1. The highest BCUT2D eigenvalue weighted by molar-refractivity contribution is 5.92. The summed E-state index contributed by atoms with van der Waals surface area (Å²) < 4.78 is 5.19. The Hall–Kier alpha value is -2.37. The van der Waals surface area contributed by atoms with Gasteiger partial charge < -0.3 is 15.8 Å². The van der Waals surface area contributed by atoms with Crippen LogP contribution in [0, 0.1) is 5.92 Å². The molecule has 1 aliphatic heterocycles. The molecule has 1 fully saturated rings. The van der Waals surface area contributed by atoms with Crippen LogP contribution in [0.5, 0.6) is 5.75 Å². The second kappa shape index (κ2) is 8.14. The zero-order valence-electron chi connectivity index (χ0n) is 14.5. The number of ether oxygens (including phenoxy) is 1. The Balaban J connectivity index is 1.60. The van der Waals surface area contributed by atoms with Crippen LogP contribution < -0.4 is 15.8 Å². The van der Waals surface area contributed by atoms with Gasteiger partial charge in [0.1, 0.15) is 5.75 Å². The molecule has 1 amide bonds. The SMILES string of the molecule is COc1cccc(NC(=O)CN2C[C@@H](CN)[C@H](c3ccccc3)C2)c1. The Morgan fingerprint density at radius 2 is 2.00 bits per heavy atom. The number of methoxy groups -OCH3 is 1. The normalized spacial score (nSPS) is 20.4. The molecule has 5 nitrogen and oxygen atoms in total. The summed E-state index contributed by atoms with van der Waals surface area (Å²) in [6.07, 6.45) is 0. The van der Waals surface area contributed by atoms with Crippen LogP contribution >= 0.6 is 0 Å². The van der Waals surface area contributed by atoms with E-state index < -0.39 is 0 Å². The van der Waals surface area contributed by atoms with Crippen LogP contribution in [-0.2, 0) is 4.79 Å². The first-order chi connectivity index (χ1) is 12.2. The molecule has 0 unspecified atom stereocenters. The van der Waals surface area contributed by atoms with E-state index in [1.54, 1.807) is 7.11 Å². The number of nitrogens with zero attached hydrogens (tertiary/aromatic N) is 1. The van der Waals surface area contributed by atoms with Crippen LogP contribution in [0.25, 0.3) is 0 Å². The van der Waals surface area contributed by atoms with Crippen LogP contribution in [0.3, 0.4) is 0 Å².